The molecule has 0 spiro atoms. The van der Waals surface area contributed by atoms with Gasteiger partial charge in [0.2, 0.25) is 11.8 Å². The molecule has 1 rings (SSSR count). The lowest BCUT2D eigenvalue weighted by atomic mass is 10.0. The summed E-state index contributed by atoms with van der Waals surface area (Å²) in [6.45, 7) is 6.56. The van der Waals surface area contributed by atoms with E-state index >= 15 is 0 Å². The minimum atomic E-state index is -0.333. The van der Waals surface area contributed by atoms with E-state index in [4.69, 9.17) is 0 Å². The Morgan fingerprint density at radius 3 is 2.18 bits per heavy atom. The number of aryl methyl sites for hydroxylation is 1. The zero-order valence-electron chi connectivity index (χ0n) is 14.1. The molecule has 2 amide bonds. The van der Waals surface area contributed by atoms with Crippen LogP contribution in [0.15, 0.2) is 24.3 Å². The Balaban J connectivity index is 2.58. The molecule has 0 aromatic heterocycles. The molecule has 2 N–H and O–H groups in total. The third kappa shape index (κ3) is 5.48. The monoisotopic (exact) mass is 305 g/mol. The summed E-state index contributed by atoms with van der Waals surface area (Å²) in [7, 11) is 3.76. The van der Waals surface area contributed by atoms with E-state index in [-0.39, 0.29) is 23.8 Å². The number of likely N-dealkylation sites (N-methyl/N-ethyl adjacent to an activating group) is 1. The molecule has 1 unspecified atom stereocenters. The van der Waals surface area contributed by atoms with Gasteiger partial charge in [-0.3, -0.25) is 14.5 Å². The zero-order valence-corrected chi connectivity index (χ0v) is 14.1. The van der Waals surface area contributed by atoms with Crippen LogP contribution >= 0.6 is 0 Å². The maximum absolute atomic E-state index is 12.4. The average Bonchev–Trinajstić information content (AvgIpc) is 2.43. The van der Waals surface area contributed by atoms with Gasteiger partial charge in [-0.25, -0.2) is 0 Å². The molecule has 5 nitrogen and oxygen atoms in total. The van der Waals surface area contributed by atoms with E-state index in [9.17, 15) is 9.59 Å². The second-order valence-electron chi connectivity index (χ2n) is 6.02. The number of rotatable bonds is 7. The van der Waals surface area contributed by atoms with Crippen molar-refractivity contribution in [1.29, 1.82) is 0 Å². The van der Waals surface area contributed by atoms with E-state index in [1.165, 1.54) is 0 Å². The van der Waals surface area contributed by atoms with Crippen LogP contribution in [0, 0.1) is 12.8 Å². The number of carbonyl (C=O) groups is 2. The summed E-state index contributed by atoms with van der Waals surface area (Å²) < 4.78 is 0. The van der Waals surface area contributed by atoms with Crippen LogP contribution in [0.3, 0.4) is 0 Å². The smallest absolute Gasteiger partial charge is 0.242 e. The van der Waals surface area contributed by atoms with Gasteiger partial charge in [0, 0.05) is 19.0 Å². The molecule has 0 saturated heterocycles. The molecule has 1 atom stereocenters. The highest BCUT2D eigenvalue weighted by molar-refractivity contribution is 5.83. The first kappa shape index (κ1) is 18.2. The minimum Gasteiger partial charge on any atom is -0.354 e. The predicted molar refractivity (Wildman–Crippen MR) is 88.5 cm³/mol. The summed E-state index contributed by atoms with van der Waals surface area (Å²) in [5.74, 6) is -0.107. The first-order valence-electron chi connectivity index (χ1n) is 7.61. The number of hydrogen-bond donors (Lipinski definition) is 2. The highest BCUT2D eigenvalue weighted by Crippen LogP contribution is 2.19. The predicted octanol–water partition coefficient (Wildman–Crippen LogP) is 1.49. The number of hydrogen-bond acceptors (Lipinski definition) is 3. The first-order chi connectivity index (χ1) is 10.3. The Morgan fingerprint density at radius 2 is 1.68 bits per heavy atom. The first-order valence-corrected chi connectivity index (χ1v) is 7.61. The molecule has 0 aliphatic rings. The largest absolute Gasteiger partial charge is 0.354 e. The van der Waals surface area contributed by atoms with Crippen molar-refractivity contribution in [2.24, 2.45) is 5.92 Å². The van der Waals surface area contributed by atoms with Gasteiger partial charge >= 0.3 is 0 Å². The molecule has 5 heteroatoms. The second-order valence-corrected chi connectivity index (χ2v) is 6.02. The summed E-state index contributed by atoms with van der Waals surface area (Å²) in [6, 6.07) is 7.61. The quantitative estimate of drug-likeness (QED) is 0.750. The van der Waals surface area contributed by atoms with Crippen LogP contribution in [0.4, 0.5) is 0 Å². The summed E-state index contributed by atoms with van der Waals surface area (Å²) in [5, 5.41) is 5.67. The SMILES string of the molecule is Cc1cccc(C(C(=O)NCCNC(=O)C(C)C)N(C)C)c1. The van der Waals surface area contributed by atoms with Gasteiger partial charge in [0.1, 0.15) is 6.04 Å². The third-order valence-corrected chi connectivity index (χ3v) is 3.37. The summed E-state index contributed by atoms with van der Waals surface area (Å²) in [5.41, 5.74) is 2.09. The molecule has 0 radical (unpaired) electrons. The lowest BCUT2D eigenvalue weighted by Gasteiger charge is -2.24. The fourth-order valence-electron chi connectivity index (χ4n) is 2.20. The van der Waals surface area contributed by atoms with E-state index in [1.54, 1.807) is 0 Å². The van der Waals surface area contributed by atoms with Crippen molar-refractivity contribution < 1.29 is 9.59 Å². The maximum atomic E-state index is 12.4. The van der Waals surface area contributed by atoms with Crippen LogP contribution in [0.5, 0.6) is 0 Å². The Bertz CT molecular complexity index is 512. The van der Waals surface area contributed by atoms with Crippen LogP contribution in [-0.4, -0.2) is 43.9 Å². The van der Waals surface area contributed by atoms with E-state index in [0.717, 1.165) is 11.1 Å². The Hall–Kier alpha value is -1.88. The second kappa shape index (κ2) is 8.54. The van der Waals surface area contributed by atoms with Gasteiger partial charge in [-0.2, -0.15) is 0 Å². The highest BCUT2D eigenvalue weighted by atomic mass is 16.2. The molecule has 122 valence electrons. The van der Waals surface area contributed by atoms with Gasteiger partial charge in [0.15, 0.2) is 0 Å². The fourth-order valence-corrected chi connectivity index (χ4v) is 2.20. The van der Waals surface area contributed by atoms with Crippen molar-refractivity contribution in [2.75, 3.05) is 27.2 Å². The van der Waals surface area contributed by atoms with Crippen LogP contribution in [0.2, 0.25) is 0 Å². The Kier molecular flexibility index (Phi) is 7.05. The fraction of sp³-hybridized carbons (Fsp3) is 0.529. The third-order valence-electron chi connectivity index (χ3n) is 3.37. The highest BCUT2D eigenvalue weighted by Gasteiger charge is 2.22. The standard InChI is InChI=1S/C17H27N3O2/c1-12(2)16(21)18-9-10-19-17(22)15(20(4)5)14-8-6-7-13(3)11-14/h6-8,11-12,15H,9-10H2,1-5H3,(H,18,21)(H,19,22). The van der Waals surface area contributed by atoms with Crippen LogP contribution in [0.1, 0.15) is 31.0 Å². The van der Waals surface area contributed by atoms with Gasteiger partial charge in [-0.15, -0.1) is 0 Å². The number of nitrogens with zero attached hydrogens (tertiary/aromatic N) is 1. The summed E-state index contributed by atoms with van der Waals surface area (Å²) >= 11 is 0. The number of benzene rings is 1. The molecule has 0 aliphatic heterocycles. The van der Waals surface area contributed by atoms with Gasteiger partial charge in [0.25, 0.3) is 0 Å². The van der Waals surface area contributed by atoms with E-state index in [1.807, 2.05) is 64.0 Å². The molecule has 0 aliphatic carbocycles. The number of nitrogens with one attached hydrogen (secondary N) is 2. The molecule has 1 aromatic carbocycles. The van der Waals surface area contributed by atoms with Gasteiger partial charge < -0.3 is 10.6 Å². The summed E-state index contributed by atoms with van der Waals surface area (Å²) in [6.07, 6.45) is 0. The lowest BCUT2D eigenvalue weighted by Crippen LogP contribution is -2.41. The van der Waals surface area contributed by atoms with Crippen LogP contribution in [0.25, 0.3) is 0 Å². The minimum absolute atomic E-state index is 0.00269. The van der Waals surface area contributed by atoms with Crippen molar-refractivity contribution in [3.05, 3.63) is 35.4 Å². The van der Waals surface area contributed by atoms with E-state index in [0.29, 0.717) is 13.1 Å². The van der Waals surface area contributed by atoms with Crippen molar-refractivity contribution in [3.8, 4) is 0 Å². The lowest BCUT2D eigenvalue weighted by molar-refractivity contribution is -0.126. The van der Waals surface area contributed by atoms with Gasteiger partial charge in [-0.1, -0.05) is 43.7 Å². The Morgan fingerprint density at radius 1 is 1.09 bits per heavy atom. The topological polar surface area (TPSA) is 61.4 Å². The molecule has 0 fully saturated rings. The van der Waals surface area contributed by atoms with Crippen molar-refractivity contribution in [1.82, 2.24) is 15.5 Å². The zero-order chi connectivity index (χ0) is 16.7. The average molecular weight is 305 g/mol. The molecular formula is C17H27N3O2. The molecule has 1 aromatic rings. The molecule has 0 bridgehead atoms. The van der Waals surface area contributed by atoms with Crippen molar-refractivity contribution in [2.45, 2.75) is 26.8 Å². The van der Waals surface area contributed by atoms with Gasteiger partial charge in [-0.05, 0) is 26.6 Å². The van der Waals surface area contributed by atoms with Crippen LogP contribution < -0.4 is 10.6 Å². The van der Waals surface area contributed by atoms with Crippen LogP contribution in [-0.2, 0) is 9.59 Å². The summed E-state index contributed by atoms with van der Waals surface area (Å²) in [4.78, 5) is 25.8. The normalized spacial score (nSPS) is 12.3. The van der Waals surface area contributed by atoms with Gasteiger partial charge in [0.05, 0.1) is 0 Å². The molecular weight excluding hydrogens is 278 g/mol. The van der Waals surface area contributed by atoms with E-state index in [2.05, 4.69) is 10.6 Å². The number of amides is 2. The molecule has 22 heavy (non-hydrogen) atoms. The molecule has 0 saturated carbocycles. The molecule has 0 heterocycles. The Labute approximate surface area is 133 Å². The van der Waals surface area contributed by atoms with E-state index < -0.39 is 0 Å². The van der Waals surface area contributed by atoms with Crippen molar-refractivity contribution in [3.63, 3.8) is 0 Å². The number of carbonyl (C=O) groups excluding carboxylic acids is 2. The maximum Gasteiger partial charge on any atom is 0.242 e. The van der Waals surface area contributed by atoms with Crippen molar-refractivity contribution >= 4 is 11.8 Å².